The summed E-state index contributed by atoms with van der Waals surface area (Å²) in [5.41, 5.74) is 2.50. The van der Waals surface area contributed by atoms with Gasteiger partial charge in [-0.05, 0) is 52.9 Å². The summed E-state index contributed by atoms with van der Waals surface area (Å²) in [6.45, 7) is 0. The second-order valence-corrected chi connectivity index (χ2v) is 9.67. The molecule has 2 amide bonds. The van der Waals surface area contributed by atoms with E-state index in [1.54, 1.807) is 0 Å². The Bertz CT molecular complexity index is 1330. The van der Waals surface area contributed by atoms with Gasteiger partial charge >= 0.3 is 0 Å². The second-order valence-electron chi connectivity index (χ2n) is 9.24. The maximum Gasteiger partial charge on any atom is 0.238 e. The number of carbonyl (C=O) groups excluding carboxylic acids is 2. The number of oxime groups is 1. The molecule has 3 fully saturated rings. The summed E-state index contributed by atoms with van der Waals surface area (Å²) < 4.78 is 0. The number of fused-ring (bicyclic) bond motifs is 9. The topological polar surface area (TPSA) is 59.0 Å². The number of anilines is 1. The van der Waals surface area contributed by atoms with Crippen molar-refractivity contribution in [2.75, 3.05) is 4.90 Å². The molecule has 1 saturated heterocycles. The number of halogens is 1. The van der Waals surface area contributed by atoms with Crippen LogP contribution in [0.15, 0.2) is 71.9 Å². The Morgan fingerprint density at radius 2 is 1.56 bits per heavy atom. The van der Waals surface area contributed by atoms with E-state index in [0.29, 0.717) is 10.7 Å². The van der Waals surface area contributed by atoms with Crippen LogP contribution in [0, 0.1) is 29.6 Å². The fraction of sp³-hybridized carbons (Fsp3) is 0.269. The smallest absolute Gasteiger partial charge is 0.238 e. The molecule has 0 N–H and O–H groups in total. The van der Waals surface area contributed by atoms with E-state index in [0.717, 1.165) is 28.5 Å². The lowest BCUT2D eigenvalue weighted by Crippen LogP contribution is -2.41. The summed E-state index contributed by atoms with van der Waals surface area (Å²) in [5, 5.41) is 7.16. The minimum atomic E-state index is -0.319. The van der Waals surface area contributed by atoms with Crippen molar-refractivity contribution in [3.05, 3.63) is 77.3 Å². The van der Waals surface area contributed by atoms with Crippen LogP contribution in [0.3, 0.4) is 0 Å². The predicted molar refractivity (Wildman–Crippen MR) is 121 cm³/mol. The second kappa shape index (κ2) is 6.42. The molecule has 0 spiro atoms. The Morgan fingerprint density at radius 3 is 2.34 bits per heavy atom. The number of rotatable bonds is 2. The van der Waals surface area contributed by atoms with Crippen molar-refractivity contribution in [1.29, 1.82) is 0 Å². The quantitative estimate of drug-likeness (QED) is 0.542. The Morgan fingerprint density at radius 1 is 0.844 bits per heavy atom. The van der Waals surface area contributed by atoms with Crippen LogP contribution >= 0.6 is 11.6 Å². The zero-order chi connectivity index (χ0) is 21.6. The van der Waals surface area contributed by atoms with Crippen molar-refractivity contribution in [3.63, 3.8) is 0 Å². The zero-order valence-electron chi connectivity index (χ0n) is 17.0. The molecule has 2 bridgehead atoms. The zero-order valence-corrected chi connectivity index (χ0v) is 17.8. The maximum absolute atomic E-state index is 13.6. The SMILES string of the molecule is O=C1[C@@H]2[C@H]3C[C@@H]([C@@H]4ON=C(c5ccc(Cl)cc5)[C@@H]34)[C@H]2C(=O)N1c1ccc2ccccc2c1. The lowest BCUT2D eigenvalue weighted by Gasteiger charge is -2.29. The molecule has 2 saturated carbocycles. The van der Waals surface area contributed by atoms with Crippen LogP contribution in [0.25, 0.3) is 10.8 Å². The minimum absolute atomic E-state index is 0.0189. The largest absolute Gasteiger partial charge is 0.391 e. The third-order valence-corrected chi connectivity index (χ3v) is 8.07. The number of imide groups is 1. The first-order chi connectivity index (χ1) is 15.6. The number of amides is 2. The number of hydrogen-bond donors (Lipinski definition) is 0. The third-order valence-electron chi connectivity index (χ3n) is 7.82. The Labute approximate surface area is 189 Å². The van der Waals surface area contributed by atoms with E-state index >= 15 is 0 Å². The van der Waals surface area contributed by atoms with Crippen LogP contribution in [0.2, 0.25) is 5.02 Å². The predicted octanol–water partition coefficient (Wildman–Crippen LogP) is 4.67. The van der Waals surface area contributed by atoms with Gasteiger partial charge in [0.2, 0.25) is 11.8 Å². The van der Waals surface area contributed by atoms with Gasteiger partial charge in [-0.25, -0.2) is 0 Å². The van der Waals surface area contributed by atoms with Gasteiger partial charge in [0.15, 0.2) is 0 Å². The fourth-order valence-corrected chi connectivity index (χ4v) is 6.68. The van der Waals surface area contributed by atoms with Crippen molar-refractivity contribution in [2.24, 2.45) is 34.7 Å². The van der Waals surface area contributed by atoms with E-state index in [4.69, 9.17) is 16.4 Å². The molecule has 158 valence electrons. The van der Waals surface area contributed by atoms with Gasteiger partial charge in [-0.2, -0.15) is 0 Å². The van der Waals surface area contributed by atoms with Crippen LogP contribution in [-0.4, -0.2) is 23.6 Å². The van der Waals surface area contributed by atoms with Crippen molar-refractivity contribution in [2.45, 2.75) is 12.5 Å². The summed E-state index contributed by atoms with van der Waals surface area (Å²) >= 11 is 6.05. The van der Waals surface area contributed by atoms with Crippen molar-refractivity contribution in [3.8, 4) is 0 Å². The highest BCUT2D eigenvalue weighted by atomic mass is 35.5. The first-order valence-electron chi connectivity index (χ1n) is 11.0. The van der Waals surface area contributed by atoms with Gasteiger partial charge in [-0.3, -0.25) is 14.5 Å². The van der Waals surface area contributed by atoms with Gasteiger partial charge in [0, 0.05) is 16.9 Å². The standard InChI is InChI=1S/C26H19ClN2O3/c27-16-8-5-14(6-9-16)23-22-18-12-19(24(22)32-28-23)21-20(18)25(30)29(26(21)31)17-10-7-13-3-1-2-4-15(13)11-17/h1-11,18-22,24H,12H2/t18-,19-,20-,21-,22-,24+/m1/s1. The van der Waals surface area contributed by atoms with Crippen LogP contribution in [0.1, 0.15) is 12.0 Å². The van der Waals surface area contributed by atoms with E-state index in [-0.39, 0.29) is 47.5 Å². The molecule has 3 aromatic rings. The Hall–Kier alpha value is -3.18. The fourth-order valence-electron chi connectivity index (χ4n) is 6.56. The van der Waals surface area contributed by atoms with Crippen LogP contribution in [0.4, 0.5) is 5.69 Å². The van der Waals surface area contributed by atoms with Gasteiger partial charge in [0.1, 0.15) is 6.10 Å². The molecule has 5 nitrogen and oxygen atoms in total. The number of benzene rings is 3. The van der Waals surface area contributed by atoms with Gasteiger partial charge < -0.3 is 4.84 Å². The number of carbonyl (C=O) groups is 2. The van der Waals surface area contributed by atoms with Crippen LogP contribution < -0.4 is 4.90 Å². The lowest BCUT2D eigenvalue weighted by molar-refractivity contribution is -0.125. The maximum atomic E-state index is 13.6. The highest BCUT2D eigenvalue weighted by Crippen LogP contribution is 2.62. The summed E-state index contributed by atoms with van der Waals surface area (Å²) in [7, 11) is 0. The molecule has 0 radical (unpaired) electrons. The third kappa shape index (κ3) is 2.32. The molecule has 32 heavy (non-hydrogen) atoms. The van der Waals surface area contributed by atoms with Crippen LogP contribution in [-0.2, 0) is 14.4 Å². The molecular formula is C26H19ClN2O3. The molecule has 4 aliphatic rings. The van der Waals surface area contributed by atoms with Crippen LogP contribution in [0.5, 0.6) is 0 Å². The summed E-state index contributed by atoms with van der Waals surface area (Å²) in [6.07, 6.45) is 0.695. The Kier molecular flexibility index (Phi) is 3.69. The number of hydrogen-bond acceptors (Lipinski definition) is 4. The molecule has 3 aromatic carbocycles. The van der Waals surface area contributed by atoms with Crippen molar-refractivity contribution >= 4 is 45.6 Å². The average Bonchev–Trinajstić information content (AvgIpc) is 3.54. The van der Waals surface area contributed by atoms with E-state index in [1.165, 1.54) is 4.90 Å². The molecule has 7 rings (SSSR count). The van der Waals surface area contributed by atoms with Gasteiger partial charge in [0.25, 0.3) is 0 Å². The summed E-state index contributed by atoms with van der Waals surface area (Å²) in [6, 6.07) is 21.3. The monoisotopic (exact) mass is 442 g/mol. The highest BCUT2D eigenvalue weighted by Gasteiger charge is 2.70. The summed E-state index contributed by atoms with van der Waals surface area (Å²) in [4.78, 5) is 34.4. The molecule has 0 unspecified atom stereocenters. The molecule has 6 atom stereocenters. The molecule has 2 aliphatic carbocycles. The van der Waals surface area contributed by atoms with Gasteiger partial charge in [-0.1, -0.05) is 59.2 Å². The lowest BCUT2D eigenvalue weighted by atomic mass is 9.71. The van der Waals surface area contributed by atoms with Crippen molar-refractivity contribution < 1.29 is 14.4 Å². The molecule has 0 aromatic heterocycles. The van der Waals surface area contributed by atoms with Gasteiger partial charge in [-0.15, -0.1) is 0 Å². The molecular weight excluding hydrogens is 424 g/mol. The van der Waals surface area contributed by atoms with Gasteiger partial charge in [0.05, 0.1) is 23.2 Å². The normalized spacial score (nSPS) is 32.3. The first-order valence-corrected chi connectivity index (χ1v) is 11.4. The first kappa shape index (κ1) is 18.4. The summed E-state index contributed by atoms with van der Waals surface area (Å²) in [5.74, 6) is -0.678. The molecule has 6 heteroatoms. The molecule has 2 aliphatic heterocycles. The highest BCUT2D eigenvalue weighted by molar-refractivity contribution is 6.30. The minimum Gasteiger partial charge on any atom is -0.391 e. The number of nitrogens with zero attached hydrogens (tertiary/aromatic N) is 2. The van der Waals surface area contributed by atoms with E-state index in [9.17, 15) is 9.59 Å². The van der Waals surface area contributed by atoms with E-state index in [2.05, 4.69) is 5.16 Å². The molecule has 2 heterocycles. The van der Waals surface area contributed by atoms with Crippen molar-refractivity contribution in [1.82, 2.24) is 0 Å². The van der Waals surface area contributed by atoms with E-state index in [1.807, 2.05) is 66.7 Å². The van der Waals surface area contributed by atoms with E-state index < -0.39 is 0 Å². The average molecular weight is 443 g/mol. The Balaban J connectivity index is 1.25.